The summed E-state index contributed by atoms with van der Waals surface area (Å²) in [6.45, 7) is 17.2. The van der Waals surface area contributed by atoms with Crippen molar-refractivity contribution in [3.8, 4) is 0 Å². The molecule has 3 N–H and O–H groups in total. The van der Waals surface area contributed by atoms with Gasteiger partial charge in [-0.2, -0.15) is 11.8 Å². The zero-order chi connectivity index (χ0) is 25.9. The van der Waals surface area contributed by atoms with Gasteiger partial charge in [-0.1, -0.05) is 34.6 Å². The quantitative estimate of drug-likeness (QED) is 0.223. The molecule has 33 heavy (non-hydrogen) atoms. The Morgan fingerprint density at radius 3 is 2.15 bits per heavy atom. The summed E-state index contributed by atoms with van der Waals surface area (Å²) in [5.41, 5.74) is -1.28. The second kappa shape index (κ2) is 14.1. The Kier molecular flexibility index (Phi) is 13.8. The van der Waals surface area contributed by atoms with Crippen molar-refractivity contribution in [1.29, 1.82) is 0 Å². The highest BCUT2D eigenvalue weighted by atomic mass is 32.2. The molecule has 0 aliphatic heterocycles. The highest BCUT2D eigenvalue weighted by molar-refractivity contribution is 7.99. The molecule has 0 rings (SSSR count). The largest absolute Gasteiger partial charge is 0.383 e. The number of nitrogens with one attached hydrogen (secondary N) is 2. The molecule has 2 amide bonds. The van der Waals surface area contributed by atoms with Gasteiger partial charge in [0.1, 0.15) is 6.10 Å². The minimum Gasteiger partial charge on any atom is -0.383 e. The number of rotatable bonds is 15. The van der Waals surface area contributed by atoms with Crippen LogP contribution in [0.15, 0.2) is 0 Å². The molecule has 0 spiro atoms. The van der Waals surface area contributed by atoms with Gasteiger partial charge in [-0.3, -0.25) is 14.2 Å². The van der Waals surface area contributed by atoms with Gasteiger partial charge in [0.15, 0.2) is 0 Å². The van der Waals surface area contributed by atoms with Crippen molar-refractivity contribution in [3.63, 3.8) is 0 Å². The number of amides is 2. The van der Waals surface area contributed by atoms with Crippen LogP contribution in [-0.4, -0.2) is 66.5 Å². The van der Waals surface area contributed by atoms with E-state index in [0.717, 1.165) is 17.9 Å². The fraction of sp³-hybridized carbons (Fsp3) is 0.913. The van der Waals surface area contributed by atoms with Crippen LogP contribution < -0.4 is 10.6 Å². The molecular formula is C23H47N2O6PS. The number of carbonyl (C=O) groups excluding carboxylic acids is 2. The summed E-state index contributed by atoms with van der Waals surface area (Å²) in [7, 11) is -3.34. The smallest absolute Gasteiger partial charge is 0.328 e. The van der Waals surface area contributed by atoms with E-state index in [4.69, 9.17) is 9.05 Å². The van der Waals surface area contributed by atoms with E-state index >= 15 is 0 Å². The van der Waals surface area contributed by atoms with Crippen LogP contribution in [0.4, 0.5) is 0 Å². The van der Waals surface area contributed by atoms with Crippen molar-refractivity contribution in [3.05, 3.63) is 0 Å². The van der Waals surface area contributed by atoms with Crippen molar-refractivity contribution >= 4 is 31.2 Å². The van der Waals surface area contributed by atoms with E-state index in [1.807, 2.05) is 11.8 Å². The maximum Gasteiger partial charge on any atom is 0.328 e. The van der Waals surface area contributed by atoms with Gasteiger partial charge in [-0.25, -0.2) is 0 Å². The number of hydrogen-bond donors (Lipinski definition) is 3. The molecule has 0 aromatic heterocycles. The first-order valence-electron chi connectivity index (χ1n) is 11.6. The second-order valence-corrected chi connectivity index (χ2v) is 14.5. The Hall–Kier alpha value is -0.600. The lowest BCUT2D eigenvalue weighted by Gasteiger charge is -2.32. The minimum absolute atomic E-state index is 0.122. The molecule has 0 radical (unpaired) electrons. The van der Waals surface area contributed by atoms with Gasteiger partial charge in [0.25, 0.3) is 0 Å². The van der Waals surface area contributed by atoms with Crippen molar-refractivity contribution in [2.24, 2.45) is 10.8 Å². The van der Waals surface area contributed by atoms with Crippen LogP contribution >= 0.6 is 19.4 Å². The zero-order valence-corrected chi connectivity index (χ0v) is 23.8. The molecule has 0 bridgehead atoms. The molecule has 0 heterocycles. The van der Waals surface area contributed by atoms with Gasteiger partial charge in [-0.15, -0.1) is 0 Å². The fourth-order valence-electron chi connectivity index (χ4n) is 2.79. The average molecular weight is 511 g/mol. The summed E-state index contributed by atoms with van der Waals surface area (Å²) < 4.78 is 23.3. The van der Waals surface area contributed by atoms with Gasteiger partial charge in [0.05, 0.1) is 12.2 Å². The number of carbonyl (C=O) groups is 2. The maximum atomic E-state index is 12.4. The first-order chi connectivity index (χ1) is 14.8. The van der Waals surface area contributed by atoms with E-state index < -0.39 is 30.6 Å². The van der Waals surface area contributed by atoms with Crippen LogP contribution in [0.2, 0.25) is 0 Å². The number of aliphatic hydroxyl groups excluding tert-OH is 1. The van der Waals surface area contributed by atoms with E-state index in [9.17, 15) is 19.3 Å². The van der Waals surface area contributed by atoms with Crippen LogP contribution in [0.25, 0.3) is 0 Å². The lowest BCUT2D eigenvalue weighted by atomic mass is 9.87. The Balaban J connectivity index is 4.17. The van der Waals surface area contributed by atoms with E-state index in [2.05, 4.69) is 31.4 Å². The second-order valence-electron chi connectivity index (χ2n) is 11.3. The summed E-state index contributed by atoms with van der Waals surface area (Å²) >= 11 is 1.82. The summed E-state index contributed by atoms with van der Waals surface area (Å²) in [6.07, 6.45) is 1.09. The Morgan fingerprint density at radius 1 is 1.00 bits per heavy atom. The van der Waals surface area contributed by atoms with Crippen LogP contribution in [0, 0.1) is 10.8 Å². The normalized spacial score (nSPS) is 15.6. The molecule has 8 nitrogen and oxygen atoms in total. The van der Waals surface area contributed by atoms with Crippen molar-refractivity contribution in [1.82, 2.24) is 10.6 Å². The van der Waals surface area contributed by atoms with Gasteiger partial charge >= 0.3 is 7.60 Å². The van der Waals surface area contributed by atoms with Crippen molar-refractivity contribution < 1.29 is 28.3 Å². The van der Waals surface area contributed by atoms with E-state index in [1.54, 1.807) is 34.6 Å². The molecule has 0 fully saturated rings. The van der Waals surface area contributed by atoms with Crippen LogP contribution in [0.1, 0.15) is 74.7 Å². The first kappa shape index (κ1) is 32.4. The van der Waals surface area contributed by atoms with E-state index in [1.165, 1.54) is 13.1 Å². The summed E-state index contributed by atoms with van der Waals surface area (Å²) in [5, 5.41) is 15.8. The van der Waals surface area contributed by atoms with Crippen LogP contribution in [0.3, 0.4) is 0 Å². The number of aliphatic hydroxyl groups is 1. The van der Waals surface area contributed by atoms with Crippen LogP contribution in [-0.2, 0) is 23.2 Å². The third-order valence-electron chi connectivity index (χ3n) is 4.53. The Morgan fingerprint density at radius 2 is 1.61 bits per heavy atom. The maximum absolute atomic E-state index is 12.4. The third kappa shape index (κ3) is 17.5. The van der Waals surface area contributed by atoms with Gasteiger partial charge in [0, 0.05) is 37.3 Å². The topological polar surface area (TPSA) is 114 Å². The molecule has 196 valence electrons. The monoisotopic (exact) mass is 510 g/mol. The molecule has 0 saturated heterocycles. The molecular weight excluding hydrogens is 463 g/mol. The molecule has 10 heteroatoms. The number of thioether (sulfide) groups is 1. The third-order valence-corrected chi connectivity index (χ3v) is 7.08. The fourth-order valence-corrected chi connectivity index (χ4v) is 5.21. The highest BCUT2D eigenvalue weighted by Crippen LogP contribution is 2.49. The molecule has 2 unspecified atom stereocenters. The summed E-state index contributed by atoms with van der Waals surface area (Å²) in [4.78, 5) is 24.2. The van der Waals surface area contributed by atoms with Gasteiger partial charge in [0.2, 0.25) is 11.8 Å². The van der Waals surface area contributed by atoms with Crippen LogP contribution in [0.5, 0.6) is 0 Å². The first-order valence-corrected chi connectivity index (χ1v) is 14.7. The molecule has 0 aliphatic rings. The summed E-state index contributed by atoms with van der Waals surface area (Å²) in [6, 6.07) is 0. The SMILES string of the molecule is CC(C)(C)CCCSCCNC(=O)CCNC(=O)C(O)C(C)(C)COP(C)(=O)OC(C)(C)C. The molecule has 0 aliphatic carbocycles. The standard InChI is InChI=1S/C23H47N2O6PS/c1-21(2,3)12-10-15-33-16-14-24-18(26)11-13-25-20(28)19(27)23(7,8)17-30-32(9,29)31-22(4,5)6/h19,27H,10-17H2,1-9H3,(H,24,26)(H,25,28). The Labute approximate surface area is 205 Å². The predicted molar refractivity (Wildman–Crippen MR) is 137 cm³/mol. The molecule has 0 aromatic rings. The molecule has 0 saturated carbocycles. The average Bonchev–Trinajstić information content (AvgIpc) is 2.62. The van der Waals surface area contributed by atoms with E-state index in [0.29, 0.717) is 12.0 Å². The lowest BCUT2D eigenvalue weighted by Crippen LogP contribution is -2.46. The molecule has 2 atom stereocenters. The van der Waals surface area contributed by atoms with Crippen molar-refractivity contribution in [2.45, 2.75) is 86.4 Å². The predicted octanol–water partition coefficient (Wildman–Crippen LogP) is 4.21. The van der Waals surface area contributed by atoms with Gasteiger partial charge < -0.3 is 24.8 Å². The Bertz CT molecular complexity index is 658. The zero-order valence-electron chi connectivity index (χ0n) is 22.1. The summed E-state index contributed by atoms with van der Waals surface area (Å²) in [5.74, 6) is 1.19. The minimum atomic E-state index is -3.34. The highest BCUT2D eigenvalue weighted by Gasteiger charge is 2.36. The van der Waals surface area contributed by atoms with Gasteiger partial charge in [-0.05, 0) is 44.8 Å². The molecule has 0 aromatic carbocycles. The van der Waals surface area contributed by atoms with E-state index in [-0.39, 0.29) is 25.5 Å². The number of hydrogen-bond acceptors (Lipinski definition) is 7. The lowest BCUT2D eigenvalue weighted by molar-refractivity contribution is -0.136. The van der Waals surface area contributed by atoms with Crippen molar-refractivity contribution in [2.75, 3.05) is 37.9 Å².